The summed E-state index contributed by atoms with van der Waals surface area (Å²) in [6.07, 6.45) is 0. The predicted molar refractivity (Wildman–Crippen MR) is 140 cm³/mol. The van der Waals surface area contributed by atoms with Gasteiger partial charge in [0.2, 0.25) is 0 Å². The predicted octanol–water partition coefficient (Wildman–Crippen LogP) is 8.87. The van der Waals surface area contributed by atoms with E-state index in [0.29, 0.717) is 0 Å². The summed E-state index contributed by atoms with van der Waals surface area (Å²) in [5.41, 5.74) is 8.71. The van der Waals surface area contributed by atoms with E-state index in [1.807, 2.05) is 0 Å². The van der Waals surface area contributed by atoms with Gasteiger partial charge in [0.1, 0.15) is 11.3 Å². The molecule has 0 saturated carbocycles. The molecule has 0 aliphatic heterocycles. The molecule has 0 amide bonds. The Balaban J connectivity index is 1.79. The van der Waals surface area contributed by atoms with Gasteiger partial charge in [-0.15, -0.1) is 0 Å². The fraction of sp³-hybridized carbons (Fsp3) is 0.194. The molecular weight excluding hydrogens is 402 g/mol. The van der Waals surface area contributed by atoms with E-state index >= 15 is 0 Å². The highest BCUT2D eigenvalue weighted by Gasteiger charge is 2.21. The van der Waals surface area contributed by atoms with Crippen LogP contribution < -0.4 is 0 Å². The highest BCUT2D eigenvalue weighted by molar-refractivity contribution is 6.24. The number of hydrogen-bond acceptors (Lipinski definition) is 2. The molecule has 0 atom stereocenters. The Labute approximate surface area is 193 Å². The summed E-state index contributed by atoms with van der Waals surface area (Å²) in [7, 11) is 0. The van der Waals surface area contributed by atoms with Gasteiger partial charge < -0.3 is 4.42 Å². The highest BCUT2D eigenvalue weighted by Crippen LogP contribution is 2.42. The molecule has 0 aliphatic rings. The van der Waals surface area contributed by atoms with Crippen molar-refractivity contribution in [1.29, 1.82) is 0 Å². The van der Waals surface area contributed by atoms with Crippen LogP contribution in [0.1, 0.15) is 37.5 Å². The monoisotopic (exact) mass is 429 g/mol. The van der Waals surface area contributed by atoms with Gasteiger partial charge in [0.15, 0.2) is 5.58 Å². The van der Waals surface area contributed by atoms with E-state index in [0.717, 1.165) is 49.5 Å². The second-order valence-electron chi connectivity index (χ2n) is 10.2. The fourth-order valence-corrected chi connectivity index (χ4v) is 5.15. The Morgan fingerprint density at radius 2 is 1.52 bits per heavy atom. The molecule has 2 nitrogen and oxygen atoms in total. The molecule has 0 fully saturated rings. The minimum atomic E-state index is 0.0532. The van der Waals surface area contributed by atoms with Crippen molar-refractivity contribution < 1.29 is 4.42 Å². The van der Waals surface area contributed by atoms with E-state index in [4.69, 9.17) is 9.40 Å². The van der Waals surface area contributed by atoms with Crippen molar-refractivity contribution in [3.8, 4) is 11.3 Å². The molecule has 0 saturated heterocycles. The molecule has 0 bridgehead atoms. The molecular formula is C31H27NO. The Bertz CT molecular complexity index is 1710. The normalized spacial score (nSPS) is 12.4. The number of hydrogen-bond donors (Lipinski definition) is 0. The van der Waals surface area contributed by atoms with Crippen molar-refractivity contribution in [2.75, 3.05) is 0 Å². The average Bonchev–Trinajstić information content (AvgIpc) is 3.19. The molecule has 0 radical (unpaired) electrons. The average molecular weight is 430 g/mol. The van der Waals surface area contributed by atoms with E-state index in [-0.39, 0.29) is 5.41 Å². The second-order valence-corrected chi connectivity index (χ2v) is 10.2. The highest BCUT2D eigenvalue weighted by atomic mass is 16.3. The van der Waals surface area contributed by atoms with Gasteiger partial charge in [-0.05, 0) is 60.0 Å². The number of para-hydroxylation sites is 1. The number of furan rings is 1. The smallest absolute Gasteiger partial charge is 0.162 e. The van der Waals surface area contributed by atoms with E-state index in [9.17, 15) is 0 Å². The fourth-order valence-electron chi connectivity index (χ4n) is 5.15. The molecule has 6 aromatic rings. The minimum Gasteiger partial charge on any atom is -0.453 e. The van der Waals surface area contributed by atoms with Gasteiger partial charge >= 0.3 is 0 Å². The summed E-state index contributed by atoms with van der Waals surface area (Å²) in [6.45, 7) is 11.1. The lowest BCUT2D eigenvalue weighted by molar-refractivity contribution is 0.586. The zero-order valence-corrected chi connectivity index (χ0v) is 19.8. The summed E-state index contributed by atoms with van der Waals surface area (Å²) in [6, 6.07) is 26.0. The molecule has 2 aromatic heterocycles. The van der Waals surface area contributed by atoms with Crippen LogP contribution in [0.25, 0.3) is 54.9 Å². The summed E-state index contributed by atoms with van der Waals surface area (Å²) in [5, 5.41) is 5.76. The standard InChI is InChI=1S/C31H27NO/c1-18-10-12-20-14-15-23-27-22-8-6-7-9-26(22)32-28(30(27)33-29(23)24(20)16-18)21-13-11-19(2)25(17-21)31(3,4)5/h6-17H,1-5H3. The topological polar surface area (TPSA) is 26.0 Å². The van der Waals surface area contributed by atoms with Gasteiger partial charge in [0.25, 0.3) is 0 Å². The van der Waals surface area contributed by atoms with E-state index in [1.165, 1.54) is 22.1 Å². The molecule has 0 spiro atoms. The maximum Gasteiger partial charge on any atom is 0.162 e. The maximum atomic E-state index is 6.71. The summed E-state index contributed by atoms with van der Waals surface area (Å²) in [4.78, 5) is 5.13. The molecule has 2 heterocycles. The number of aryl methyl sites for hydroxylation is 2. The molecule has 0 unspecified atom stereocenters. The zero-order chi connectivity index (χ0) is 22.9. The van der Waals surface area contributed by atoms with Gasteiger partial charge in [-0.3, -0.25) is 0 Å². The van der Waals surface area contributed by atoms with Gasteiger partial charge in [0, 0.05) is 27.1 Å². The van der Waals surface area contributed by atoms with Crippen LogP contribution in [-0.4, -0.2) is 4.98 Å². The molecule has 162 valence electrons. The Kier molecular flexibility index (Phi) is 4.19. The van der Waals surface area contributed by atoms with Crippen molar-refractivity contribution in [2.24, 2.45) is 0 Å². The van der Waals surface area contributed by atoms with Crippen molar-refractivity contribution in [3.05, 3.63) is 89.5 Å². The van der Waals surface area contributed by atoms with Crippen LogP contribution in [0.3, 0.4) is 0 Å². The number of pyridine rings is 1. The second kappa shape index (κ2) is 6.92. The molecule has 2 heteroatoms. The number of nitrogens with zero attached hydrogens (tertiary/aromatic N) is 1. The first kappa shape index (κ1) is 20.0. The summed E-state index contributed by atoms with van der Waals surface area (Å²) in [5.74, 6) is 0. The SMILES string of the molecule is Cc1ccc2ccc3c(oc4c(-c5ccc(C)c(C(C)(C)C)c5)nc5ccccc5c43)c2c1. The molecule has 0 N–H and O–H groups in total. The molecule has 4 aromatic carbocycles. The Hall–Kier alpha value is -3.65. The third-order valence-electron chi connectivity index (χ3n) is 6.77. The third kappa shape index (κ3) is 3.05. The summed E-state index contributed by atoms with van der Waals surface area (Å²) < 4.78 is 6.71. The minimum absolute atomic E-state index is 0.0532. The van der Waals surface area contributed by atoms with Gasteiger partial charge in [-0.25, -0.2) is 4.98 Å². The van der Waals surface area contributed by atoms with Crippen molar-refractivity contribution in [2.45, 2.75) is 40.0 Å². The van der Waals surface area contributed by atoms with Crippen LogP contribution in [-0.2, 0) is 5.41 Å². The van der Waals surface area contributed by atoms with Crippen molar-refractivity contribution in [3.63, 3.8) is 0 Å². The van der Waals surface area contributed by atoms with Crippen LogP contribution in [0, 0.1) is 13.8 Å². The number of fused-ring (bicyclic) bond motifs is 7. The first-order valence-electron chi connectivity index (χ1n) is 11.6. The largest absolute Gasteiger partial charge is 0.453 e. The quantitative estimate of drug-likeness (QED) is 0.261. The number of rotatable bonds is 1. The maximum absolute atomic E-state index is 6.71. The van der Waals surface area contributed by atoms with Crippen LogP contribution in [0.2, 0.25) is 0 Å². The lowest BCUT2D eigenvalue weighted by Gasteiger charge is -2.22. The molecule has 33 heavy (non-hydrogen) atoms. The number of aromatic nitrogens is 1. The first-order chi connectivity index (χ1) is 15.8. The van der Waals surface area contributed by atoms with Gasteiger partial charge in [0.05, 0.1) is 5.52 Å². The van der Waals surface area contributed by atoms with Crippen LogP contribution in [0.5, 0.6) is 0 Å². The van der Waals surface area contributed by atoms with E-state index < -0.39 is 0 Å². The lowest BCUT2D eigenvalue weighted by atomic mass is 9.83. The molecule has 6 rings (SSSR count). The third-order valence-corrected chi connectivity index (χ3v) is 6.77. The first-order valence-corrected chi connectivity index (χ1v) is 11.6. The van der Waals surface area contributed by atoms with Crippen LogP contribution in [0.4, 0.5) is 0 Å². The van der Waals surface area contributed by atoms with Crippen molar-refractivity contribution in [1.82, 2.24) is 4.98 Å². The Morgan fingerprint density at radius 1 is 0.727 bits per heavy atom. The van der Waals surface area contributed by atoms with Gasteiger partial charge in [-0.1, -0.05) is 74.9 Å². The Morgan fingerprint density at radius 3 is 2.33 bits per heavy atom. The zero-order valence-electron chi connectivity index (χ0n) is 19.8. The summed E-state index contributed by atoms with van der Waals surface area (Å²) >= 11 is 0. The van der Waals surface area contributed by atoms with Crippen LogP contribution in [0.15, 0.2) is 77.2 Å². The van der Waals surface area contributed by atoms with E-state index in [1.54, 1.807) is 0 Å². The van der Waals surface area contributed by atoms with Crippen LogP contribution >= 0.6 is 0 Å². The molecule has 0 aliphatic carbocycles. The van der Waals surface area contributed by atoms with Gasteiger partial charge in [-0.2, -0.15) is 0 Å². The van der Waals surface area contributed by atoms with E-state index in [2.05, 4.69) is 107 Å². The van der Waals surface area contributed by atoms with Crippen molar-refractivity contribution >= 4 is 43.6 Å². The number of benzene rings is 4. The lowest BCUT2D eigenvalue weighted by Crippen LogP contribution is -2.13.